The standard InChI is InChI=1S/C13H14FN3O2/c1-9-3-4-10(2)16(9)15-8-11-5-6-13(17(18)19)12(14)7-11/h3-7,15H,8H2,1-2H3. The van der Waals surface area contributed by atoms with E-state index in [4.69, 9.17) is 0 Å². The van der Waals surface area contributed by atoms with E-state index in [9.17, 15) is 14.5 Å². The molecule has 1 aromatic carbocycles. The second-order valence-electron chi connectivity index (χ2n) is 4.33. The summed E-state index contributed by atoms with van der Waals surface area (Å²) in [7, 11) is 0. The second kappa shape index (κ2) is 5.09. The first-order valence-electron chi connectivity index (χ1n) is 5.80. The van der Waals surface area contributed by atoms with Crippen LogP contribution in [0, 0.1) is 29.8 Å². The third-order valence-electron chi connectivity index (χ3n) is 2.92. The van der Waals surface area contributed by atoms with Crippen molar-refractivity contribution in [2.24, 2.45) is 0 Å². The van der Waals surface area contributed by atoms with Gasteiger partial charge in [0, 0.05) is 17.5 Å². The average Bonchev–Trinajstić information content (AvgIpc) is 2.66. The van der Waals surface area contributed by atoms with E-state index in [2.05, 4.69) is 5.43 Å². The van der Waals surface area contributed by atoms with Crippen LogP contribution < -0.4 is 5.43 Å². The number of aromatic nitrogens is 1. The van der Waals surface area contributed by atoms with Gasteiger partial charge in [0.1, 0.15) is 0 Å². The molecule has 0 fully saturated rings. The summed E-state index contributed by atoms with van der Waals surface area (Å²) >= 11 is 0. The maximum Gasteiger partial charge on any atom is 0.304 e. The molecule has 0 spiro atoms. The van der Waals surface area contributed by atoms with Crippen molar-refractivity contribution in [2.75, 3.05) is 5.43 Å². The number of halogens is 1. The van der Waals surface area contributed by atoms with Crippen molar-refractivity contribution in [1.82, 2.24) is 4.68 Å². The Balaban J connectivity index is 2.13. The molecule has 0 amide bonds. The fraction of sp³-hybridized carbons (Fsp3) is 0.231. The Morgan fingerprint density at radius 1 is 1.26 bits per heavy atom. The maximum atomic E-state index is 13.4. The Kier molecular flexibility index (Phi) is 3.50. The normalized spacial score (nSPS) is 10.5. The van der Waals surface area contributed by atoms with E-state index in [1.54, 1.807) is 6.07 Å². The van der Waals surface area contributed by atoms with Crippen molar-refractivity contribution in [3.05, 3.63) is 63.2 Å². The van der Waals surface area contributed by atoms with Crippen LogP contribution in [0.2, 0.25) is 0 Å². The smallest absolute Gasteiger partial charge is 0.304 e. The van der Waals surface area contributed by atoms with Crippen molar-refractivity contribution >= 4 is 5.69 Å². The molecule has 0 aliphatic carbocycles. The van der Waals surface area contributed by atoms with Crippen LogP contribution in [0.25, 0.3) is 0 Å². The zero-order valence-corrected chi connectivity index (χ0v) is 10.7. The van der Waals surface area contributed by atoms with E-state index < -0.39 is 16.4 Å². The predicted molar refractivity (Wildman–Crippen MR) is 70.0 cm³/mol. The molecule has 0 saturated carbocycles. The van der Waals surface area contributed by atoms with Gasteiger partial charge in [0.2, 0.25) is 5.82 Å². The molecular weight excluding hydrogens is 249 g/mol. The Bertz CT molecular complexity index is 603. The highest BCUT2D eigenvalue weighted by molar-refractivity contribution is 5.35. The van der Waals surface area contributed by atoms with Crippen LogP contribution >= 0.6 is 0 Å². The minimum absolute atomic E-state index is 0.394. The Hall–Kier alpha value is -2.37. The minimum Gasteiger partial charge on any atom is -0.322 e. The van der Waals surface area contributed by atoms with Gasteiger partial charge in [-0.15, -0.1) is 0 Å². The van der Waals surface area contributed by atoms with Gasteiger partial charge in [-0.2, -0.15) is 4.39 Å². The summed E-state index contributed by atoms with van der Waals surface area (Å²) in [5.74, 6) is -0.815. The zero-order chi connectivity index (χ0) is 14.0. The first kappa shape index (κ1) is 13.1. The highest BCUT2D eigenvalue weighted by atomic mass is 19.1. The van der Waals surface area contributed by atoms with Crippen LogP contribution in [0.5, 0.6) is 0 Å². The van der Waals surface area contributed by atoms with Gasteiger partial charge < -0.3 is 5.43 Å². The van der Waals surface area contributed by atoms with Crippen LogP contribution in [0.4, 0.5) is 10.1 Å². The lowest BCUT2D eigenvalue weighted by atomic mass is 10.2. The first-order valence-corrected chi connectivity index (χ1v) is 5.80. The number of nitrogens with one attached hydrogen (secondary N) is 1. The van der Waals surface area contributed by atoms with Crippen LogP contribution in [0.3, 0.4) is 0 Å². The van der Waals surface area contributed by atoms with E-state index >= 15 is 0 Å². The molecule has 0 unspecified atom stereocenters. The molecule has 2 rings (SSSR count). The van der Waals surface area contributed by atoms with Gasteiger partial charge in [0.25, 0.3) is 0 Å². The lowest BCUT2D eigenvalue weighted by Crippen LogP contribution is -2.17. The van der Waals surface area contributed by atoms with E-state index in [-0.39, 0.29) is 0 Å². The molecular formula is C13H14FN3O2. The molecule has 2 aromatic rings. The maximum absolute atomic E-state index is 13.4. The quantitative estimate of drug-likeness (QED) is 0.681. The van der Waals surface area contributed by atoms with Crippen LogP contribution in [-0.2, 0) is 6.54 Å². The molecule has 0 saturated heterocycles. The molecule has 1 aromatic heterocycles. The summed E-state index contributed by atoms with van der Waals surface area (Å²) < 4.78 is 15.3. The fourth-order valence-corrected chi connectivity index (χ4v) is 1.90. The molecule has 0 radical (unpaired) electrons. The largest absolute Gasteiger partial charge is 0.322 e. The van der Waals surface area contributed by atoms with Gasteiger partial charge in [-0.25, -0.2) is 0 Å². The van der Waals surface area contributed by atoms with Crippen LogP contribution in [0.15, 0.2) is 30.3 Å². The van der Waals surface area contributed by atoms with E-state index in [1.165, 1.54) is 12.1 Å². The van der Waals surface area contributed by atoms with E-state index in [1.807, 2.05) is 30.7 Å². The van der Waals surface area contributed by atoms with Gasteiger partial charge in [-0.3, -0.25) is 14.8 Å². The number of nitro groups is 1. The van der Waals surface area contributed by atoms with Crippen molar-refractivity contribution in [3.8, 4) is 0 Å². The van der Waals surface area contributed by atoms with E-state index in [0.717, 1.165) is 11.4 Å². The Labute approximate surface area is 109 Å². The third kappa shape index (κ3) is 2.73. The molecule has 6 heteroatoms. The summed E-state index contributed by atoms with van der Waals surface area (Å²) in [5.41, 5.74) is 5.36. The number of nitrogens with zero attached hydrogens (tertiary/aromatic N) is 2. The molecule has 0 atom stereocenters. The molecule has 0 aliphatic rings. The highest BCUT2D eigenvalue weighted by Crippen LogP contribution is 2.18. The first-order chi connectivity index (χ1) is 8.99. The SMILES string of the molecule is Cc1ccc(C)n1NCc1ccc([N+](=O)[O-])c(F)c1. The number of benzene rings is 1. The van der Waals surface area contributed by atoms with E-state index in [0.29, 0.717) is 12.1 Å². The van der Waals surface area contributed by atoms with Gasteiger partial charge >= 0.3 is 5.69 Å². The fourth-order valence-electron chi connectivity index (χ4n) is 1.90. The molecule has 19 heavy (non-hydrogen) atoms. The molecule has 1 N–H and O–H groups in total. The molecule has 0 bridgehead atoms. The van der Waals surface area contributed by atoms with Gasteiger partial charge in [0.15, 0.2) is 0 Å². The number of rotatable bonds is 4. The molecule has 100 valence electrons. The Morgan fingerprint density at radius 2 is 1.89 bits per heavy atom. The van der Waals surface area contributed by atoms with Crippen molar-refractivity contribution in [1.29, 1.82) is 0 Å². The van der Waals surface area contributed by atoms with Gasteiger partial charge in [0.05, 0.1) is 11.5 Å². The lowest BCUT2D eigenvalue weighted by molar-refractivity contribution is -0.387. The number of hydrogen-bond donors (Lipinski definition) is 1. The van der Waals surface area contributed by atoms with Crippen molar-refractivity contribution in [3.63, 3.8) is 0 Å². The highest BCUT2D eigenvalue weighted by Gasteiger charge is 2.13. The Morgan fingerprint density at radius 3 is 2.42 bits per heavy atom. The van der Waals surface area contributed by atoms with Crippen LogP contribution in [-0.4, -0.2) is 9.60 Å². The number of hydrogen-bond acceptors (Lipinski definition) is 3. The minimum atomic E-state index is -0.815. The van der Waals surface area contributed by atoms with Gasteiger partial charge in [-0.05, 0) is 37.6 Å². The second-order valence-corrected chi connectivity index (χ2v) is 4.33. The number of aryl methyl sites for hydroxylation is 2. The van der Waals surface area contributed by atoms with Crippen molar-refractivity contribution in [2.45, 2.75) is 20.4 Å². The summed E-state index contributed by atoms with van der Waals surface area (Å²) in [6.07, 6.45) is 0. The zero-order valence-electron chi connectivity index (χ0n) is 10.7. The molecule has 5 nitrogen and oxygen atoms in total. The van der Waals surface area contributed by atoms with Crippen LogP contribution in [0.1, 0.15) is 17.0 Å². The summed E-state index contributed by atoms with van der Waals surface area (Å²) in [6, 6.07) is 7.85. The predicted octanol–water partition coefficient (Wildman–Crippen LogP) is 2.90. The average molecular weight is 263 g/mol. The summed E-state index contributed by atoms with van der Waals surface area (Å²) in [4.78, 5) is 9.78. The molecule has 0 aliphatic heterocycles. The summed E-state index contributed by atoms with van der Waals surface area (Å²) in [6.45, 7) is 4.30. The lowest BCUT2D eigenvalue weighted by Gasteiger charge is -2.12. The number of nitro benzene ring substituents is 1. The third-order valence-corrected chi connectivity index (χ3v) is 2.92. The van der Waals surface area contributed by atoms with Crippen molar-refractivity contribution < 1.29 is 9.31 Å². The monoisotopic (exact) mass is 263 g/mol. The topological polar surface area (TPSA) is 60.1 Å². The molecule has 1 heterocycles. The van der Waals surface area contributed by atoms with Gasteiger partial charge in [-0.1, -0.05) is 6.07 Å². The summed E-state index contributed by atoms with van der Waals surface area (Å²) in [5, 5.41) is 10.5.